The zero-order chi connectivity index (χ0) is 18.3. The molecule has 1 rings (SSSR count). The third-order valence-electron chi connectivity index (χ3n) is 4.20. The van der Waals surface area contributed by atoms with Crippen LogP contribution in [-0.4, -0.2) is 37.9 Å². The van der Waals surface area contributed by atoms with Gasteiger partial charge in [0.25, 0.3) is 0 Å². The molecule has 0 aliphatic carbocycles. The van der Waals surface area contributed by atoms with Crippen molar-refractivity contribution in [1.29, 1.82) is 0 Å². The first-order chi connectivity index (χ1) is 11.2. The van der Waals surface area contributed by atoms with E-state index in [0.29, 0.717) is 12.2 Å². The van der Waals surface area contributed by atoms with Gasteiger partial charge in [-0.2, -0.15) is 0 Å². The zero-order valence-corrected chi connectivity index (χ0v) is 15.2. The number of hydrogen-bond donors (Lipinski definition) is 2. The maximum Gasteiger partial charge on any atom is 0.323 e. The van der Waals surface area contributed by atoms with Crippen molar-refractivity contribution < 1.29 is 24.1 Å². The molecule has 1 aromatic rings. The van der Waals surface area contributed by atoms with E-state index in [4.69, 9.17) is 25.1 Å². The van der Waals surface area contributed by atoms with E-state index in [-0.39, 0.29) is 5.92 Å². The Morgan fingerprint density at radius 2 is 1.75 bits per heavy atom. The number of benzene rings is 1. The lowest BCUT2D eigenvalue weighted by molar-refractivity contribution is -0.143. The first-order valence-electron chi connectivity index (χ1n) is 8.06. The summed E-state index contributed by atoms with van der Waals surface area (Å²) in [5, 5.41) is 9.11. The maximum absolute atomic E-state index is 11.1. The molecule has 24 heavy (non-hydrogen) atoms. The van der Waals surface area contributed by atoms with Gasteiger partial charge in [0.2, 0.25) is 0 Å². The molecule has 0 heterocycles. The minimum absolute atomic E-state index is 0.214. The highest BCUT2D eigenvalue weighted by Gasteiger charge is 2.29. The fourth-order valence-corrected chi connectivity index (χ4v) is 2.86. The summed E-state index contributed by atoms with van der Waals surface area (Å²) in [6.45, 7) is 3.58. The molecule has 0 saturated heterocycles. The Morgan fingerprint density at radius 1 is 1.21 bits per heavy atom. The smallest absolute Gasteiger partial charge is 0.323 e. The summed E-state index contributed by atoms with van der Waals surface area (Å²) in [7, 11) is 4.84. The first kappa shape index (κ1) is 20.1. The number of carboxylic acid groups (broad SMARTS) is 1. The third-order valence-corrected chi connectivity index (χ3v) is 4.20. The Bertz CT molecular complexity index is 531. The molecule has 1 aromatic carbocycles. The number of hydrogen-bond acceptors (Lipinski definition) is 5. The molecule has 0 radical (unpaired) electrons. The van der Waals surface area contributed by atoms with Crippen LogP contribution in [0.5, 0.6) is 17.2 Å². The minimum atomic E-state index is -1.19. The second-order valence-corrected chi connectivity index (χ2v) is 6.43. The summed E-state index contributed by atoms with van der Waals surface area (Å²) >= 11 is 0. The van der Waals surface area contributed by atoms with Gasteiger partial charge in [-0.05, 0) is 32.1 Å². The molecule has 0 saturated carbocycles. The van der Waals surface area contributed by atoms with Crippen molar-refractivity contribution in [2.45, 2.75) is 45.1 Å². The van der Waals surface area contributed by atoms with Crippen LogP contribution in [0.3, 0.4) is 0 Å². The van der Waals surface area contributed by atoms with Gasteiger partial charge in [-0.1, -0.05) is 13.3 Å². The summed E-state index contributed by atoms with van der Waals surface area (Å²) in [5.41, 5.74) is 5.62. The predicted molar refractivity (Wildman–Crippen MR) is 93.0 cm³/mol. The van der Waals surface area contributed by atoms with Crippen molar-refractivity contribution in [3.8, 4) is 17.2 Å². The molecule has 0 amide bonds. The lowest BCUT2D eigenvalue weighted by atomic mass is 9.87. The number of methoxy groups -OCH3 is 3. The quantitative estimate of drug-likeness (QED) is 0.681. The average Bonchev–Trinajstić information content (AvgIpc) is 2.53. The van der Waals surface area contributed by atoms with Gasteiger partial charge in [0.15, 0.2) is 0 Å². The maximum atomic E-state index is 11.1. The van der Waals surface area contributed by atoms with Crippen LogP contribution in [0.25, 0.3) is 0 Å². The van der Waals surface area contributed by atoms with Crippen LogP contribution >= 0.6 is 0 Å². The largest absolute Gasteiger partial charge is 0.496 e. The van der Waals surface area contributed by atoms with E-state index in [2.05, 4.69) is 0 Å². The van der Waals surface area contributed by atoms with Gasteiger partial charge in [0.1, 0.15) is 22.8 Å². The van der Waals surface area contributed by atoms with Gasteiger partial charge in [0.05, 0.1) is 21.3 Å². The molecule has 0 aromatic heterocycles. The summed E-state index contributed by atoms with van der Waals surface area (Å²) in [5.74, 6) is 1.39. The zero-order valence-electron chi connectivity index (χ0n) is 15.2. The number of rotatable bonds is 10. The lowest BCUT2D eigenvalue weighted by Crippen LogP contribution is -2.46. The Balaban J connectivity index is 2.72. The molecular weight excluding hydrogens is 310 g/mol. The molecule has 6 nitrogen and oxygen atoms in total. The highest BCUT2D eigenvalue weighted by Crippen LogP contribution is 2.35. The summed E-state index contributed by atoms with van der Waals surface area (Å²) in [6, 6.07) is 3.67. The van der Waals surface area contributed by atoms with Gasteiger partial charge in [-0.15, -0.1) is 0 Å². The number of nitrogens with two attached hydrogens (primary N) is 1. The average molecular weight is 339 g/mol. The van der Waals surface area contributed by atoms with Crippen LogP contribution in [-0.2, 0) is 11.2 Å². The molecule has 2 atom stereocenters. The van der Waals surface area contributed by atoms with E-state index in [0.717, 1.165) is 36.3 Å². The molecule has 2 unspecified atom stereocenters. The normalized spacial score (nSPS) is 14.6. The van der Waals surface area contributed by atoms with Crippen LogP contribution < -0.4 is 19.9 Å². The Kier molecular flexibility index (Phi) is 7.35. The molecule has 0 aliphatic rings. The van der Waals surface area contributed by atoms with Crippen LogP contribution in [0.1, 0.15) is 38.7 Å². The van der Waals surface area contributed by atoms with E-state index in [1.807, 2.05) is 19.1 Å². The number of carboxylic acids is 1. The molecule has 3 N–H and O–H groups in total. The van der Waals surface area contributed by atoms with Crippen LogP contribution in [0.2, 0.25) is 0 Å². The predicted octanol–water partition coefficient (Wildman–Crippen LogP) is 2.86. The minimum Gasteiger partial charge on any atom is -0.496 e. The van der Waals surface area contributed by atoms with E-state index < -0.39 is 11.5 Å². The van der Waals surface area contributed by atoms with Crippen molar-refractivity contribution in [2.75, 3.05) is 21.3 Å². The van der Waals surface area contributed by atoms with Gasteiger partial charge in [-0.25, -0.2) is 0 Å². The van der Waals surface area contributed by atoms with Crippen molar-refractivity contribution in [1.82, 2.24) is 0 Å². The summed E-state index contributed by atoms with van der Waals surface area (Å²) < 4.78 is 16.1. The lowest BCUT2D eigenvalue weighted by Gasteiger charge is -2.23. The topological polar surface area (TPSA) is 91.0 Å². The van der Waals surface area contributed by atoms with E-state index >= 15 is 0 Å². The summed E-state index contributed by atoms with van der Waals surface area (Å²) in [6.07, 6.45) is 2.97. The van der Waals surface area contributed by atoms with Crippen molar-refractivity contribution in [3.05, 3.63) is 17.7 Å². The fourth-order valence-electron chi connectivity index (χ4n) is 2.86. The molecule has 0 fully saturated rings. The summed E-state index contributed by atoms with van der Waals surface area (Å²) in [4.78, 5) is 11.1. The van der Waals surface area contributed by atoms with E-state index in [1.54, 1.807) is 28.3 Å². The third kappa shape index (κ3) is 5.30. The monoisotopic (exact) mass is 339 g/mol. The standard InChI is InChI=1S/C18H29NO5/c1-12(11-18(2,19)17(20)21)7-6-8-14-15(23-4)9-13(22-3)10-16(14)24-5/h9-10,12H,6-8,11,19H2,1-5H3,(H,20,21). The van der Waals surface area contributed by atoms with Crippen LogP contribution in [0.4, 0.5) is 0 Å². The molecule has 6 heteroatoms. The van der Waals surface area contributed by atoms with Crippen molar-refractivity contribution in [2.24, 2.45) is 11.7 Å². The van der Waals surface area contributed by atoms with Gasteiger partial charge < -0.3 is 25.1 Å². The van der Waals surface area contributed by atoms with Crippen LogP contribution in [0.15, 0.2) is 12.1 Å². The molecule has 136 valence electrons. The Morgan fingerprint density at radius 3 is 2.17 bits per heavy atom. The second kappa shape index (κ2) is 8.78. The number of ether oxygens (including phenoxy) is 3. The Labute approximate surface area is 143 Å². The van der Waals surface area contributed by atoms with E-state index in [1.165, 1.54) is 0 Å². The van der Waals surface area contributed by atoms with Crippen LogP contribution in [0, 0.1) is 5.92 Å². The molecule has 0 bridgehead atoms. The van der Waals surface area contributed by atoms with Gasteiger partial charge in [-0.3, -0.25) is 4.79 Å². The van der Waals surface area contributed by atoms with Gasteiger partial charge in [0, 0.05) is 17.7 Å². The SMILES string of the molecule is COc1cc(OC)c(CCCC(C)CC(C)(N)C(=O)O)c(OC)c1. The fraction of sp³-hybridized carbons (Fsp3) is 0.611. The van der Waals surface area contributed by atoms with Gasteiger partial charge >= 0.3 is 5.97 Å². The molecule has 0 spiro atoms. The van der Waals surface area contributed by atoms with Crippen molar-refractivity contribution in [3.63, 3.8) is 0 Å². The Hall–Kier alpha value is -1.95. The number of carbonyl (C=O) groups is 1. The molecular formula is C18H29NO5. The first-order valence-corrected chi connectivity index (χ1v) is 8.06. The highest BCUT2D eigenvalue weighted by atomic mass is 16.5. The second-order valence-electron chi connectivity index (χ2n) is 6.43. The van der Waals surface area contributed by atoms with E-state index in [9.17, 15) is 4.79 Å². The highest BCUT2D eigenvalue weighted by molar-refractivity contribution is 5.77. The van der Waals surface area contributed by atoms with Crippen molar-refractivity contribution >= 4 is 5.97 Å². The number of aliphatic carboxylic acids is 1. The molecule has 0 aliphatic heterocycles.